The third kappa shape index (κ3) is 5.71. The normalized spacial score (nSPS) is 28.9. The molecule has 5 unspecified atom stereocenters. The fraction of sp³-hybridized carbons (Fsp3) is 0.639. The number of carbonyl (C=O) groups is 1. The predicted molar refractivity (Wildman–Crippen MR) is 178 cm³/mol. The van der Waals surface area contributed by atoms with Crippen molar-refractivity contribution in [3.63, 3.8) is 0 Å². The summed E-state index contributed by atoms with van der Waals surface area (Å²) in [6.45, 7) is 18.6. The van der Waals surface area contributed by atoms with E-state index < -0.39 is 0 Å². The zero-order valence-corrected chi connectivity index (χ0v) is 28.3. The third-order valence-corrected chi connectivity index (χ3v) is 11.9. The van der Waals surface area contributed by atoms with Gasteiger partial charge in [-0.3, -0.25) is 9.79 Å². The highest BCUT2D eigenvalue weighted by Crippen LogP contribution is 2.63. The van der Waals surface area contributed by atoms with E-state index in [2.05, 4.69) is 82.3 Å². The topological polar surface area (TPSA) is 59.7 Å². The van der Waals surface area contributed by atoms with Crippen molar-refractivity contribution < 1.29 is 9.53 Å². The summed E-state index contributed by atoms with van der Waals surface area (Å²) in [5.41, 5.74) is 6.42. The van der Waals surface area contributed by atoms with Crippen molar-refractivity contribution >= 4 is 29.3 Å². The van der Waals surface area contributed by atoms with Crippen molar-refractivity contribution in [1.29, 1.82) is 0 Å². The molecule has 2 saturated carbocycles. The molecule has 0 spiro atoms. The lowest BCUT2D eigenvalue weighted by atomic mass is 9.78. The maximum absolute atomic E-state index is 11.2. The summed E-state index contributed by atoms with van der Waals surface area (Å²) in [5.74, 6) is 3.30. The zero-order valence-electron chi connectivity index (χ0n) is 27.4. The van der Waals surface area contributed by atoms with Crippen molar-refractivity contribution in [3.05, 3.63) is 52.6 Å². The van der Waals surface area contributed by atoms with E-state index in [4.69, 9.17) is 9.73 Å². The highest BCUT2D eigenvalue weighted by Gasteiger charge is 2.63. The van der Waals surface area contributed by atoms with Crippen molar-refractivity contribution in [2.75, 3.05) is 20.2 Å². The molecule has 2 aromatic rings. The van der Waals surface area contributed by atoms with Gasteiger partial charge in [0.15, 0.2) is 0 Å². The van der Waals surface area contributed by atoms with Crippen LogP contribution in [0.3, 0.4) is 0 Å². The van der Waals surface area contributed by atoms with Crippen LogP contribution in [0.25, 0.3) is 6.08 Å². The van der Waals surface area contributed by atoms with Gasteiger partial charge in [-0.15, -0.1) is 0 Å². The molecule has 0 radical (unpaired) electrons. The number of hydrogen-bond acceptors (Lipinski definition) is 5. The average molecular weight is 603 g/mol. The fourth-order valence-corrected chi connectivity index (χ4v) is 9.07. The summed E-state index contributed by atoms with van der Waals surface area (Å²) in [7, 11) is 1.79. The Morgan fingerprint density at radius 1 is 1.09 bits per heavy atom. The SMILES string of the molecule is CCn1cnc2c1C1CC1C=C2.COc1c(C(C)(C)C)cc(C2=NC3CC3(C3CCCN(C=O)CC3)S2)cc1C(C)(C)C. The van der Waals surface area contributed by atoms with Crippen molar-refractivity contribution in [3.8, 4) is 5.75 Å². The van der Waals surface area contributed by atoms with Gasteiger partial charge in [-0.1, -0.05) is 59.4 Å². The van der Waals surface area contributed by atoms with Crippen LogP contribution in [0.2, 0.25) is 0 Å². The van der Waals surface area contributed by atoms with E-state index in [1.807, 2.05) is 23.0 Å². The van der Waals surface area contributed by atoms with Gasteiger partial charge in [0.25, 0.3) is 0 Å². The molecule has 1 aromatic heterocycles. The molecule has 7 rings (SSSR count). The molecule has 0 bridgehead atoms. The lowest BCUT2D eigenvalue weighted by Crippen LogP contribution is -2.25. The van der Waals surface area contributed by atoms with Crippen LogP contribution in [-0.4, -0.2) is 56.9 Å². The molecule has 1 amide bonds. The van der Waals surface area contributed by atoms with Crippen LogP contribution < -0.4 is 4.74 Å². The smallest absolute Gasteiger partial charge is 0.209 e. The number of amides is 1. The van der Waals surface area contributed by atoms with Gasteiger partial charge in [-0.25, -0.2) is 4.98 Å². The number of thioether (sulfide) groups is 1. The summed E-state index contributed by atoms with van der Waals surface area (Å²) < 4.78 is 8.49. The Balaban J connectivity index is 0.000000225. The predicted octanol–water partition coefficient (Wildman–Crippen LogP) is 7.59. The second-order valence-electron chi connectivity index (χ2n) is 15.3. The number of rotatable bonds is 5. The lowest BCUT2D eigenvalue weighted by molar-refractivity contribution is -0.118. The van der Waals surface area contributed by atoms with Crippen LogP contribution >= 0.6 is 11.8 Å². The third-order valence-electron chi connectivity index (χ3n) is 10.2. The molecule has 1 aromatic carbocycles. The molecule has 232 valence electrons. The van der Waals surface area contributed by atoms with E-state index in [-0.39, 0.29) is 15.6 Å². The highest BCUT2D eigenvalue weighted by atomic mass is 32.2. The number of nitrogens with zero attached hydrogens (tertiary/aromatic N) is 4. The van der Waals surface area contributed by atoms with Crippen LogP contribution in [0.15, 0.2) is 29.5 Å². The quantitative estimate of drug-likeness (QED) is 0.331. The number of aromatic nitrogens is 2. The van der Waals surface area contributed by atoms with E-state index in [1.54, 1.807) is 7.11 Å². The summed E-state index contributed by atoms with van der Waals surface area (Å²) in [5, 5.41) is 1.20. The number of benzene rings is 1. The molecular weight excluding hydrogens is 552 g/mol. The molecule has 5 atom stereocenters. The highest BCUT2D eigenvalue weighted by molar-refractivity contribution is 8.16. The first kappa shape index (κ1) is 30.5. The molecule has 2 aliphatic heterocycles. The van der Waals surface area contributed by atoms with E-state index in [0.717, 1.165) is 56.5 Å². The zero-order chi connectivity index (χ0) is 30.7. The minimum absolute atomic E-state index is 0.00856. The molecular formula is C36H50N4O2S. The second kappa shape index (κ2) is 11.1. The van der Waals surface area contributed by atoms with Gasteiger partial charge in [0, 0.05) is 52.7 Å². The van der Waals surface area contributed by atoms with Crippen LogP contribution in [0.5, 0.6) is 5.75 Å². The van der Waals surface area contributed by atoms with Crippen LogP contribution in [0, 0.1) is 11.8 Å². The van der Waals surface area contributed by atoms with Crippen LogP contribution in [0.1, 0.15) is 115 Å². The second-order valence-corrected chi connectivity index (χ2v) is 16.6. The van der Waals surface area contributed by atoms with Gasteiger partial charge in [-0.05, 0) is 79.9 Å². The molecule has 3 fully saturated rings. The first-order valence-electron chi connectivity index (χ1n) is 16.3. The van der Waals surface area contributed by atoms with E-state index in [9.17, 15) is 4.79 Å². The minimum atomic E-state index is -0.00856. The number of allylic oxidation sites excluding steroid dienone is 1. The molecule has 3 heterocycles. The van der Waals surface area contributed by atoms with E-state index in [0.29, 0.717) is 12.0 Å². The van der Waals surface area contributed by atoms with E-state index in [1.165, 1.54) is 52.4 Å². The first-order valence-corrected chi connectivity index (χ1v) is 17.1. The Bertz CT molecular complexity index is 1410. The number of carbonyl (C=O) groups excluding carboxylic acids is 1. The molecule has 3 aliphatic carbocycles. The molecule has 0 N–H and O–H groups in total. The minimum Gasteiger partial charge on any atom is -0.496 e. The van der Waals surface area contributed by atoms with Crippen molar-refractivity contribution in [2.45, 2.75) is 115 Å². The number of aryl methyl sites for hydroxylation is 1. The van der Waals surface area contributed by atoms with Gasteiger partial charge in [-0.2, -0.15) is 0 Å². The van der Waals surface area contributed by atoms with Gasteiger partial charge in [0.1, 0.15) is 5.75 Å². The number of ether oxygens (including phenoxy) is 1. The average Bonchev–Trinajstić information content (AvgIpc) is 3.85. The van der Waals surface area contributed by atoms with Gasteiger partial charge in [0.2, 0.25) is 6.41 Å². The molecule has 6 nitrogen and oxygen atoms in total. The first-order chi connectivity index (χ1) is 20.4. The standard InChI is InChI=1S/C26H38N2O2S.C10H12N2/c1-24(2,3)19-13-17(14-20(22(19)30-7)25(4,5)6)23-27-21-15-26(21,31-23)18-9-8-11-28(16-29)12-10-18;1-2-12-6-11-9-4-3-7-5-8(7)10(9)12/h13-14,16,18,21H,8-12,15H2,1-7H3;3-4,6-8H,2,5H2,1H3. The monoisotopic (exact) mass is 602 g/mol. The molecule has 43 heavy (non-hydrogen) atoms. The molecule has 5 aliphatic rings. The largest absolute Gasteiger partial charge is 0.496 e. The number of aliphatic imine (C=N–C) groups is 1. The summed E-state index contributed by atoms with van der Waals surface area (Å²) >= 11 is 2.02. The fourth-order valence-electron chi connectivity index (χ4n) is 7.46. The summed E-state index contributed by atoms with van der Waals surface area (Å²) in [6.07, 6.45) is 13.4. The Morgan fingerprint density at radius 2 is 1.81 bits per heavy atom. The molecule has 7 heteroatoms. The Kier molecular flexibility index (Phi) is 7.88. The van der Waals surface area contributed by atoms with Gasteiger partial charge >= 0.3 is 0 Å². The molecule has 1 saturated heterocycles. The lowest BCUT2D eigenvalue weighted by Gasteiger charge is -2.30. The number of likely N-dealkylation sites (tertiary alicyclic amines) is 1. The maximum Gasteiger partial charge on any atom is 0.209 e. The van der Waals surface area contributed by atoms with E-state index >= 15 is 0 Å². The van der Waals surface area contributed by atoms with Crippen LogP contribution in [-0.2, 0) is 22.2 Å². The van der Waals surface area contributed by atoms with Gasteiger partial charge in [0.05, 0.1) is 30.2 Å². The summed E-state index contributed by atoms with van der Waals surface area (Å²) in [4.78, 5) is 22.8. The van der Waals surface area contributed by atoms with Crippen molar-refractivity contribution in [1.82, 2.24) is 14.5 Å². The number of imidazole rings is 1. The Hall–Kier alpha value is -2.54. The van der Waals surface area contributed by atoms with Gasteiger partial charge < -0.3 is 14.2 Å². The summed E-state index contributed by atoms with van der Waals surface area (Å²) in [6, 6.07) is 5.08. The Morgan fingerprint density at radius 3 is 2.44 bits per heavy atom. The number of hydrogen-bond donors (Lipinski definition) is 0. The maximum atomic E-state index is 11.2. The van der Waals surface area contributed by atoms with Crippen LogP contribution in [0.4, 0.5) is 0 Å². The van der Waals surface area contributed by atoms with Crippen molar-refractivity contribution in [2.24, 2.45) is 16.8 Å². The Labute approximate surface area is 262 Å². The number of methoxy groups -OCH3 is 1. The number of fused-ring (bicyclic) bond motifs is 4.